The third-order valence-corrected chi connectivity index (χ3v) is 16.3. The van der Waals surface area contributed by atoms with Crippen LogP contribution in [0.15, 0.2) is 229 Å². The van der Waals surface area contributed by atoms with Gasteiger partial charge in [0.25, 0.3) is 0 Å². The van der Waals surface area contributed by atoms with E-state index in [1.54, 1.807) is 0 Å². The minimum absolute atomic E-state index is 0.893. The molecule has 318 valence electrons. The topological polar surface area (TPSA) is 18.1 Å². The molecule has 0 radical (unpaired) electrons. The zero-order valence-electron chi connectivity index (χ0n) is 37.1. The van der Waals surface area contributed by atoms with Crippen molar-refractivity contribution in [2.75, 3.05) is 0 Å². The molecule has 0 aliphatic carbocycles. The highest BCUT2D eigenvalue weighted by atomic mass is 32.1. The van der Waals surface area contributed by atoms with E-state index in [-0.39, 0.29) is 0 Å². The number of thiophene rings is 1. The molecule has 0 fully saturated rings. The Morgan fingerprint density at radius 2 is 0.812 bits per heavy atom. The Balaban J connectivity index is 0.935. The number of fused-ring (bicyclic) bond motifs is 19. The van der Waals surface area contributed by atoms with Crippen LogP contribution in [-0.2, 0) is 0 Å². The van der Waals surface area contributed by atoms with Crippen molar-refractivity contribution in [1.82, 2.24) is 4.57 Å². The minimum Gasteiger partial charge on any atom is -0.456 e. The summed E-state index contributed by atoms with van der Waals surface area (Å²) >= 11 is 1.90. The molecule has 0 aliphatic rings. The van der Waals surface area contributed by atoms with Gasteiger partial charge in [-0.1, -0.05) is 158 Å². The summed E-state index contributed by atoms with van der Waals surface area (Å²) in [6.07, 6.45) is 0. The SMILES string of the molecule is c1ccc(-n2c3ccc(-c4c5ccccc5c(-c5ccc6oc7cc8c9ccccc9c9cc%10ccccc%10cc9c8cc7c6c5)c5ccccc45)cc3c3ccc4c5ccccc5sc4c32)cc1. The van der Waals surface area contributed by atoms with E-state index in [1.807, 2.05) is 11.3 Å². The van der Waals surface area contributed by atoms with Crippen LogP contribution in [0.25, 0.3) is 156 Å². The molecule has 0 aliphatic heterocycles. The van der Waals surface area contributed by atoms with Crippen molar-refractivity contribution < 1.29 is 4.42 Å². The molecule has 0 atom stereocenters. The molecule has 0 spiro atoms. The van der Waals surface area contributed by atoms with E-state index in [1.165, 1.54) is 135 Å². The second-order valence-corrected chi connectivity index (χ2v) is 19.7. The Morgan fingerprint density at radius 3 is 1.49 bits per heavy atom. The van der Waals surface area contributed by atoms with Crippen LogP contribution in [0, 0.1) is 0 Å². The van der Waals surface area contributed by atoms with Gasteiger partial charge in [-0.05, 0) is 154 Å². The average molecular weight is 892 g/mol. The van der Waals surface area contributed by atoms with Crippen LogP contribution in [0.4, 0.5) is 0 Å². The standard InChI is InChI=1S/C66H37NOS/c1-2-16-42(17-3-1)67-59-30-26-40(34-56(59)50-28-29-51-45-20-12-13-25-62(45)69-66(51)65(50)67)63-46-21-8-10-23-48(46)64(49-24-11-9-22-47(49)63)41-27-31-60-57(35-41)58-36-54-53-33-39-15-5-4-14-38(39)32-52(53)43-18-6-7-19-44(43)55(54)37-61(58)68-60/h1-37H. The molecule has 0 N–H and O–H groups in total. The number of para-hydroxylation sites is 1. The fourth-order valence-corrected chi connectivity index (χ4v) is 13.3. The smallest absolute Gasteiger partial charge is 0.136 e. The summed E-state index contributed by atoms with van der Waals surface area (Å²) in [4.78, 5) is 0. The van der Waals surface area contributed by atoms with Crippen LogP contribution in [0.1, 0.15) is 0 Å². The summed E-state index contributed by atoms with van der Waals surface area (Å²) < 4.78 is 11.9. The quantitative estimate of drug-likeness (QED) is 0.128. The van der Waals surface area contributed by atoms with Crippen LogP contribution < -0.4 is 0 Å². The largest absolute Gasteiger partial charge is 0.456 e. The molecule has 13 aromatic carbocycles. The maximum atomic E-state index is 6.77. The third-order valence-electron chi connectivity index (χ3n) is 15.1. The molecule has 2 nitrogen and oxygen atoms in total. The first-order valence-corrected chi connectivity index (χ1v) is 24.5. The van der Waals surface area contributed by atoms with Gasteiger partial charge in [-0.25, -0.2) is 0 Å². The van der Waals surface area contributed by atoms with Crippen LogP contribution >= 0.6 is 11.3 Å². The van der Waals surface area contributed by atoms with Crippen LogP contribution in [0.5, 0.6) is 0 Å². The molecule has 69 heavy (non-hydrogen) atoms. The second kappa shape index (κ2) is 13.9. The number of furan rings is 1. The van der Waals surface area contributed by atoms with E-state index >= 15 is 0 Å². The molecule has 0 saturated heterocycles. The monoisotopic (exact) mass is 891 g/mol. The fraction of sp³-hybridized carbons (Fsp3) is 0. The van der Waals surface area contributed by atoms with Gasteiger partial charge in [-0.3, -0.25) is 0 Å². The molecular formula is C66H37NOS. The summed E-state index contributed by atoms with van der Waals surface area (Å²) in [5, 5.41) is 22.3. The molecule has 16 aromatic rings. The number of aromatic nitrogens is 1. The van der Waals surface area contributed by atoms with Crippen LogP contribution in [0.3, 0.4) is 0 Å². The van der Waals surface area contributed by atoms with Crippen LogP contribution in [0.2, 0.25) is 0 Å². The van der Waals surface area contributed by atoms with E-state index in [0.717, 1.165) is 21.9 Å². The highest BCUT2D eigenvalue weighted by Gasteiger charge is 2.22. The molecule has 16 rings (SSSR count). The molecule has 3 aromatic heterocycles. The third kappa shape index (κ3) is 5.20. The summed E-state index contributed by atoms with van der Waals surface area (Å²) in [6.45, 7) is 0. The van der Waals surface area contributed by atoms with Crippen molar-refractivity contribution in [1.29, 1.82) is 0 Å². The molecule has 0 saturated carbocycles. The van der Waals surface area contributed by atoms with Crippen LogP contribution in [-0.4, -0.2) is 4.57 Å². The zero-order chi connectivity index (χ0) is 44.9. The van der Waals surface area contributed by atoms with Gasteiger partial charge < -0.3 is 8.98 Å². The molecule has 0 unspecified atom stereocenters. The lowest BCUT2D eigenvalue weighted by Gasteiger charge is -2.18. The lowest BCUT2D eigenvalue weighted by molar-refractivity contribution is 0.669. The first-order chi connectivity index (χ1) is 34.2. The number of rotatable bonds is 3. The van der Waals surface area contributed by atoms with E-state index in [2.05, 4.69) is 229 Å². The Bertz CT molecular complexity index is 4840. The molecule has 3 heterocycles. The second-order valence-electron chi connectivity index (χ2n) is 18.7. The van der Waals surface area contributed by atoms with Gasteiger partial charge in [0, 0.05) is 42.7 Å². The van der Waals surface area contributed by atoms with Gasteiger partial charge in [-0.15, -0.1) is 11.3 Å². The summed E-state index contributed by atoms with van der Waals surface area (Å²) in [7, 11) is 0. The fourth-order valence-electron chi connectivity index (χ4n) is 12.1. The lowest BCUT2D eigenvalue weighted by Crippen LogP contribution is -1.93. The van der Waals surface area contributed by atoms with Crippen molar-refractivity contribution in [2.45, 2.75) is 0 Å². The number of hydrogen-bond acceptors (Lipinski definition) is 2. The van der Waals surface area contributed by atoms with Crippen molar-refractivity contribution in [3.8, 4) is 27.9 Å². The van der Waals surface area contributed by atoms with Crippen molar-refractivity contribution in [3.63, 3.8) is 0 Å². The van der Waals surface area contributed by atoms with Gasteiger partial charge in [0.2, 0.25) is 0 Å². The zero-order valence-corrected chi connectivity index (χ0v) is 37.9. The Labute approximate surface area is 399 Å². The predicted octanol–water partition coefficient (Wildman–Crippen LogP) is 19.3. The van der Waals surface area contributed by atoms with Crippen molar-refractivity contribution >= 4 is 140 Å². The lowest BCUT2D eigenvalue weighted by atomic mass is 9.85. The maximum absolute atomic E-state index is 6.77. The van der Waals surface area contributed by atoms with Gasteiger partial charge in [0.1, 0.15) is 11.2 Å². The number of benzene rings is 13. The van der Waals surface area contributed by atoms with E-state index < -0.39 is 0 Å². The number of hydrogen-bond donors (Lipinski definition) is 0. The first-order valence-electron chi connectivity index (χ1n) is 23.7. The highest BCUT2D eigenvalue weighted by molar-refractivity contribution is 7.26. The first kappa shape index (κ1) is 37.3. The minimum atomic E-state index is 0.893. The highest BCUT2D eigenvalue weighted by Crippen LogP contribution is 2.49. The van der Waals surface area contributed by atoms with E-state index in [4.69, 9.17) is 4.42 Å². The van der Waals surface area contributed by atoms with Gasteiger partial charge in [0.05, 0.1) is 15.7 Å². The summed E-state index contributed by atoms with van der Waals surface area (Å²) in [6, 6.07) is 83.3. The van der Waals surface area contributed by atoms with Crippen molar-refractivity contribution in [3.05, 3.63) is 224 Å². The Hall–Kier alpha value is -8.76. The Kier molecular flexibility index (Phi) is 7.52. The van der Waals surface area contributed by atoms with Gasteiger partial charge in [-0.2, -0.15) is 0 Å². The molecule has 0 bridgehead atoms. The van der Waals surface area contributed by atoms with Crippen molar-refractivity contribution in [2.24, 2.45) is 0 Å². The van der Waals surface area contributed by atoms with Gasteiger partial charge >= 0.3 is 0 Å². The molecular weight excluding hydrogens is 855 g/mol. The van der Waals surface area contributed by atoms with Gasteiger partial charge in [0.15, 0.2) is 0 Å². The molecule has 3 heteroatoms. The predicted molar refractivity (Wildman–Crippen MR) is 297 cm³/mol. The normalized spacial score (nSPS) is 12.3. The van der Waals surface area contributed by atoms with E-state index in [0.29, 0.717) is 0 Å². The number of nitrogens with zero attached hydrogens (tertiary/aromatic N) is 1. The summed E-state index contributed by atoms with van der Waals surface area (Å²) in [5.41, 5.74) is 10.3. The Morgan fingerprint density at radius 1 is 0.304 bits per heavy atom. The molecule has 0 amide bonds. The average Bonchev–Trinajstić information content (AvgIpc) is 4.08. The summed E-state index contributed by atoms with van der Waals surface area (Å²) in [5.74, 6) is 0. The maximum Gasteiger partial charge on any atom is 0.136 e. The van der Waals surface area contributed by atoms with E-state index in [9.17, 15) is 0 Å².